The van der Waals surface area contributed by atoms with Gasteiger partial charge in [-0.15, -0.1) is 0 Å². The monoisotopic (exact) mass is 248 g/mol. The molecule has 0 spiro atoms. The summed E-state index contributed by atoms with van der Waals surface area (Å²) in [6.07, 6.45) is 2.36. The summed E-state index contributed by atoms with van der Waals surface area (Å²) in [5.74, 6) is 0.405. The molecule has 0 heterocycles. The highest BCUT2D eigenvalue weighted by molar-refractivity contribution is 7.94. The van der Waals surface area contributed by atoms with Crippen LogP contribution in [0.4, 0.5) is 0 Å². The van der Waals surface area contributed by atoms with E-state index in [-0.39, 0.29) is 0 Å². The normalized spacial score (nSPS) is 14.5. The molecular weight excluding hydrogens is 220 g/mol. The SMILES string of the molecule is CCCC(C)(C)S(=O)(=O)C(C)(C)CC(C)C. The van der Waals surface area contributed by atoms with Gasteiger partial charge in [-0.25, -0.2) is 8.42 Å². The van der Waals surface area contributed by atoms with Crippen molar-refractivity contribution in [2.24, 2.45) is 5.92 Å². The van der Waals surface area contributed by atoms with E-state index in [1.807, 2.05) is 34.6 Å². The van der Waals surface area contributed by atoms with Crippen LogP contribution in [-0.2, 0) is 9.84 Å². The summed E-state index contributed by atoms with van der Waals surface area (Å²) in [5, 5.41) is 0. The third-order valence-electron chi connectivity index (χ3n) is 3.21. The molecule has 0 bridgehead atoms. The predicted molar refractivity (Wildman–Crippen MR) is 71.4 cm³/mol. The average molecular weight is 248 g/mol. The minimum atomic E-state index is -3.10. The van der Waals surface area contributed by atoms with Gasteiger partial charge in [0.15, 0.2) is 9.84 Å². The molecule has 0 saturated heterocycles. The second kappa shape index (κ2) is 5.07. The van der Waals surface area contributed by atoms with Gasteiger partial charge in [-0.1, -0.05) is 27.2 Å². The molecule has 0 radical (unpaired) electrons. The average Bonchev–Trinajstić information content (AvgIpc) is 2.00. The lowest BCUT2D eigenvalue weighted by Gasteiger charge is -2.36. The highest BCUT2D eigenvalue weighted by atomic mass is 32.2. The molecular formula is C13H28O2S. The summed E-state index contributed by atoms with van der Waals surface area (Å²) in [6.45, 7) is 13.6. The quantitative estimate of drug-likeness (QED) is 0.716. The Kier molecular flexibility index (Phi) is 5.06. The molecule has 0 aromatic heterocycles. The Labute approximate surface area is 102 Å². The van der Waals surface area contributed by atoms with Crippen molar-refractivity contribution in [2.75, 3.05) is 0 Å². The molecule has 0 aliphatic carbocycles. The number of hydrogen-bond donors (Lipinski definition) is 0. The molecule has 0 rings (SSSR count). The van der Waals surface area contributed by atoms with Crippen LogP contribution in [0, 0.1) is 5.92 Å². The summed E-state index contributed by atoms with van der Waals surface area (Å²) in [4.78, 5) is 0. The highest BCUT2D eigenvalue weighted by Gasteiger charge is 2.45. The first kappa shape index (κ1) is 16.0. The van der Waals surface area contributed by atoms with E-state index in [2.05, 4.69) is 13.8 Å². The number of sulfone groups is 1. The summed E-state index contributed by atoms with van der Waals surface area (Å²) < 4.78 is 24.0. The molecule has 0 aromatic carbocycles. The molecule has 3 heteroatoms. The molecule has 2 nitrogen and oxygen atoms in total. The zero-order valence-corrected chi connectivity index (χ0v) is 12.7. The molecule has 0 amide bonds. The summed E-state index contributed by atoms with van der Waals surface area (Å²) in [7, 11) is -3.10. The van der Waals surface area contributed by atoms with Gasteiger partial charge in [-0.3, -0.25) is 0 Å². The molecule has 0 atom stereocenters. The fourth-order valence-electron chi connectivity index (χ4n) is 2.58. The van der Waals surface area contributed by atoms with E-state index >= 15 is 0 Å². The summed E-state index contributed by atoms with van der Waals surface area (Å²) in [5.41, 5.74) is 0. The lowest BCUT2D eigenvalue weighted by molar-refractivity contribution is 0.437. The number of hydrogen-bond acceptors (Lipinski definition) is 2. The van der Waals surface area contributed by atoms with Gasteiger partial charge in [-0.05, 0) is 46.5 Å². The largest absolute Gasteiger partial charge is 0.228 e. The van der Waals surface area contributed by atoms with E-state index in [4.69, 9.17) is 0 Å². The lowest BCUT2D eigenvalue weighted by atomic mass is 10.00. The van der Waals surface area contributed by atoms with Crippen molar-refractivity contribution in [1.82, 2.24) is 0 Å². The van der Waals surface area contributed by atoms with Crippen LogP contribution in [0.25, 0.3) is 0 Å². The van der Waals surface area contributed by atoms with E-state index in [0.29, 0.717) is 5.92 Å². The van der Waals surface area contributed by atoms with Crippen molar-refractivity contribution in [3.05, 3.63) is 0 Å². The Balaban J connectivity index is 5.19. The summed E-state index contributed by atoms with van der Waals surface area (Å²) in [6, 6.07) is 0. The molecule has 0 N–H and O–H groups in total. The zero-order valence-electron chi connectivity index (χ0n) is 11.9. The molecule has 98 valence electrons. The zero-order chi connectivity index (χ0) is 13.2. The highest BCUT2D eigenvalue weighted by Crippen LogP contribution is 2.36. The van der Waals surface area contributed by atoms with E-state index in [1.165, 1.54) is 0 Å². The van der Waals surface area contributed by atoms with Gasteiger partial charge in [0.05, 0.1) is 9.49 Å². The van der Waals surface area contributed by atoms with Gasteiger partial charge in [0.2, 0.25) is 0 Å². The van der Waals surface area contributed by atoms with E-state index in [1.54, 1.807) is 0 Å². The summed E-state index contributed by atoms with van der Waals surface area (Å²) >= 11 is 0. The van der Waals surface area contributed by atoms with Crippen molar-refractivity contribution in [3.8, 4) is 0 Å². The molecule has 16 heavy (non-hydrogen) atoms. The molecule has 0 aromatic rings. The smallest absolute Gasteiger partial charge is 0.160 e. The van der Waals surface area contributed by atoms with Gasteiger partial charge in [0.1, 0.15) is 0 Å². The van der Waals surface area contributed by atoms with E-state index in [0.717, 1.165) is 19.3 Å². The third-order valence-corrected chi connectivity index (χ3v) is 6.49. The van der Waals surface area contributed by atoms with Crippen molar-refractivity contribution in [1.29, 1.82) is 0 Å². The van der Waals surface area contributed by atoms with Gasteiger partial charge < -0.3 is 0 Å². The Morgan fingerprint density at radius 2 is 1.44 bits per heavy atom. The van der Waals surface area contributed by atoms with Crippen molar-refractivity contribution in [2.45, 2.75) is 77.2 Å². The van der Waals surface area contributed by atoms with Crippen LogP contribution < -0.4 is 0 Å². The second-order valence-corrected chi connectivity index (χ2v) is 9.59. The third kappa shape index (κ3) is 3.22. The molecule has 0 aliphatic rings. The van der Waals surface area contributed by atoms with Crippen LogP contribution in [-0.4, -0.2) is 17.9 Å². The maximum atomic E-state index is 12.6. The first-order valence-electron chi connectivity index (χ1n) is 6.22. The van der Waals surface area contributed by atoms with Gasteiger partial charge >= 0.3 is 0 Å². The minimum absolute atomic E-state index is 0.405. The number of rotatable bonds is 6. The second-order valence-electron chi connectivity index (χ2n) is 6.37. The van der Waals surface area contributed by atoms with Gasteiger partial charge in [0, 0.05) is 0 Å². The Morgan fingerprint density at radius 1 is 1.00 bits per heavy atom. The van der Waals surface area contributed by atoms with E-state index in [9.17, 15) is 8.42 Å². The van der Waals surface area contributed by atoms with Crippen molar-refractivity contribution in [3.63, 3.8) is 0 Å². The van der Waals surface area contributed by atoms with Crippen LogP contribution in [0.1, 0.15) is 67.7 Å². The fraction of sp³-hybridized carbons (Fsp3) is 1.00. The first-order valence-corrected chi connectivity index (χ1v) is 7.70. The maximum Gasteiger partial charge on any atom is 0.160 e. The van der Waals surface area contributed by atoms with Crippen LogP contribution >= 0.6 is 0 Å². The topological polar surface area (TPSA) is 34.1 Å². The molecule has 0 saturated carbocycles. The standard InChI is InChI=1S/C13H28O2S/c1-8-9-12(4,5)16(14,15)13(6,7)10-11(2)3/h11H,8-10H2,1-7H3. The van der Waals surface area contributed by atoms with Crippen LogP contribution in [0.5, 0.6) is 0 Å². The van der Waals surface area contributed by atoms with E-state index < -0.39 is 19.3 Å². The van der Waals surface area contributed by atoms with Gasteiger partial charge in [-0.2, -0.15) is 0 Å². The predicted octanol–water partition coefficient (Wildman–Crippen LogP) is 3.80. The van der Waals surface area contributed by atoms with Crippen molar-refractivity contribution < 1.29 is 8.42 Å². The molecule has 0 unspecified atom stereocenters. The fourth-order valence-corrected chi connectivity index (χ4v) is 5.10. The molecule has 0 fully saturated rings. The molecule has 0 aliphatic heterocycles. The first-order chi connectivity index (χ1) is 6.98. The van der Waals surface area contributed by atoms with Crippen molar-refractivity contribution >= 4 is 9.84 Å². The Hall–Kier alpha value is -0.0500. The van der Waals surface area contributed by atoms with Crippen LogP contribution in [0.15, 0.2) is 0 Å². The van der Waals surface area contributed by atoms with Crippen LogP contribution in [0.3, 0.4) is 0 Å². The minimum Gasteiger partial charge on any atom is -0.228 e. The Bertz CT molecular complexity index is 311. The van der Waals surface area contributed by atoms with Crippen LogP contribution in [0.2, 0.25) is 0 Å². The maximum absolute atomic E-state index is 12.6. The Morgan fingerprint density at radius 3 is 1.75 bits per heavy atom. The van der Waals surface area contributed by atoms with Gasteiger partial charge in [0.25, 0.3) is 0 Å². The lowest BCUT2D eigenvalue weighted by Crippen LogP contribution is -2.46.